The quantitative estimate of drug-likeness (QED) is 0.720. The highest BCUT2D eigenvalue weighted by molar-refractivity contribution is 6.36. The number of carbonyl (C=O) groups is 2. The Hall–Kier alpha value is -2.08. The van der Waals surface area contributed by atoms with E-state index in [1.807, 2.05) is 31.2 Å². The topological polar surface area (TPSA) is 62.6 Å². The second-order valence-electron chi connectivity index (χ2n) is 5.90. The second-order valence-corrected chi connectivity index (χ2v) is 6.74. The Labute approximate surface area is 156 Å². The molecule has 0 bridgehead atoms. The Kier molecular flexibility index (Phi) is 6.82. The predicted octanol–water partition coefficient (Wildman–Crippen LogP) is 2.39. The molecule has 0 aliphatic rings. The van der Waals surface area contributed by atoms with E-state index in [0.29, 0.717) is 15.7 Å². The first-order valence-corrected chi connectivity index (χ1v) is 8.52. The molecule has 0 aliphatic carbocycles. The van der Waals surface area contributed by atoms with Gasteiger partial charge in [-0.15, -0.1) is 0 Å². The fourth-order valence-electron chi connectivity index (χ4n) is 2.24. The lowest BCUT2D eigenvalue weighted by atomic mass is 10.2. The molecular weight excluding hydrogens is 361 g/mol. The number of carbonyl (C=O) groups excluding carboxylic acids is 2. The molecule has 25 heavy (non-hydrogen) atoms. The van der Waals surface area contributed by atoms with E-state index >= 15 is 0 Å². The number of hydrogen-bond donors (Lipinski definition) is 3. The van der Waals surface area contributed by atoms with Gasteiger partial charge in [0.2, 0.25) is 0 Å². The van der Waals surface area contributed by atoms with Crippen molar-refractivity contribution in [3.8, 4) is 0 Å². The normalized spacial score (nSPS) is 11.7. The van der Waals surface area contributed by atoms with Crippen molar-refractivity contribution in [3.63, 3.8) is 0 Å². The fourth-order valence-corrected chi connectivity index (χ4v) is 2.69. The van der Waals surface area contributed by atoms with Gasteiger partial charge < -0.3 is 15.5 Å². The molecule has 0 saturated heterocycles. The summed E-state index contributed by atoms with van der Waals surface area (Å²) in [4.78, 5) is 24.9. The first-order chi connectivity index (χ1) is 11.8. The van der Waals surface area contributed by atoms with E-state index in [9.17, 15) is 9.59 Å². The molecule has 0 aliphatic heterocycles. The minimum atomic E-state index is -0.232. The van der Waals surface area contributed by atoms with E-state index < -0.39 is 0 Å². The number of hydrogen-bond acceptors (Lipinski definition) is 2. The maximum absolute atomic E-state index is 12.1. The van der Waals surface area contributed by atoms with Crippen LogP contribution in [0.1, 0.15) is 5.56 Å². The van der Waals surface area contributed by atoms with E-state index in [1.54, 1.807) is 25.2 Å². The van der Waals surface area contributed by atoms with Crippen LogP contribution >= 0.6 is 23.2 Å². The van der Waals surface area contributed by atoms with Gasteiger partial charge in [0, 0.05) is 10.7 Å². The predicted molar refractivity (Wildman–Crippen MR) is 102 cm³/mol. The lowest BCUT2D eigenvalue weighted by molar-refractivity contribution is -0.862. The summed E-state index contributed by atoms with van der Waals surface area (Å²) in [5, 5.41) is 6.40. The third-order valence-corrected chi connectivity index (χ3v) is 4.01. The van der Waals surface area contributed by atoms with Gasteiger partial charge in [0.15, 0.2) is 13.1 Å². The maximum atomic E-state index is 12.1. The summed E-state index contributed by atoms with van der Waals surface area (Å²) < 4.78 is 0. The Bertz CT molecular complexity index is 763. The lowest BCUT2D eigenvalue weighted by Crippen LogP contribution is -3.11. The van der Waals surface area contributed by atoms with Gasteiger partial charge in [-0.1, -0.05) is 40.9 Å². The van der Waals surface area contributed by atoms with Crippen molar-refractivity contribution in [2.75, 3.05) is 30.8 Å². The third-order valence-electron chi connectivity index (χ3n) is 3.47. The van der Waals surface area contributed by atoms with E-state index in [4.69, 9.17) is 23.2 Å². The van der Waals surface area contributed by atoms with Crippen LogP contribution in [0.4, 0.5) is 11.4 Å². The van der Waals surface area contributed by atoms with E-state index in [-0.39, 0.29) is 24.9 Å². The molecular formula is C18H20Cl2N3O2+. The molecule has 2 aromatic carbocycles. The van der Waals surface area contributed by atoms with Gasteiger partial charge >= 0.3 is 0 Å². The van der Waals surface area contributed by atoms with Gasteiger partial charge in [0.25, 0.3) is 11.8 Å². The maximum Gasteiger partial charge on any atom is 0.279 e. The van der Waals surface area contributed by atoms with Crippen LogP contribution in [0.2, 0.25) is 10.0 Å². The molecule has 1 atom stereocenters. The average Bonchev–Trinajstić information content (AvgIpc) is 2.52. The van der Waals surface area contributed by atoms with Gasteiger partial charge in [-0.05, 0) is 37.3 Å². The zero-order valence-electron chi connectivity index (χ0n) is 14.0. The fraction of sp³-hybridized carbons (Fsp3) is 0.222. The number of rotatable bonds is 6. The monoisotopic (exact) mass is 380 g/mol. The highest BCUT2D eigenvalue weighted by Gasteiger charge is 2.15. The Balaban J connectivity index is 1.82. The number of aryl methyl sites for hydroxylation is 1. The standard InChI is InChI=1S/C18H19Cl2N3O2/c1-12-3-6-14(7-4-12)21-17(24)10-23(2)11-18(25)22-16-8-5-13(19)9-15(16)20/h3-9H,10-11H2,1-2H3,(H,21,24)(H,22,25)/p+1. The molecule has 7 heteroatoms. The second kappa shape index (κ2) is 8.85. The molecule has 0 saturated carbocycles. The number of likely N-dealkylation sites (N-methyl/N-ethyl adjacent to an activating group) is 1. The summed E-state index contributed by atoms with van der Waals surface area (Å²) in [6.45, 7) is 2.30. The number of nitrogens with one attached hydrogen (secondary N) is 3. The molecule has 0 spiro atoms. The molecule has 0 radical (unpaired) electrons. The first-order valence-electron chi connectivity index (χ1n) is 7.76. The number of anilines is 2. The van der Waals surface area contributed by atoms with Crippen LogP contribution in [0, 0.1) is 6.92 Å². The first kappa shape index (κ1) is 19.2. The summed E-state index contributed by atoms with van der Waals surface area (Å²) in [5.41, 5.74) is 2.35. The zero-order valence-corrected chi connectivity index (χ0v) is 15.5. The largest absolute Gasteiger partial charge is 0.322 e. The molecule has 3 N–H and O–H groups in total. The molecule has 0 aromatic heterocycles. The van der Waals surface area contributed by atoms with Crippen molar-refractivity contribution in [2.24, 2.45) is 0 Å². The molecule has 1 unspecified atom stereocenters. The van der Waals surface area contributed by atoms with Crippen molar-refractivity contribution in [3.05, 3.63) is 58.1 Å². The Morgan fingerprint density at radius 3 is 2.16 bits per heavy atom. The van der Waals surface area contributed by atoms with Crippen LogP contribution < -0.4 is 15.5 Å². The summed E-state index contributed by atoms with van der Waals surface area (Å²) in [7, 11) is 1.78. The lowest BCUT2D eigenvalue weighted by Gasteiger charge is -2.14. The zero-order chi connectivity index (χ0) is 18.4. The molecule has 2 rings (SSSR count). The average molecular weight is 381 g/mol. The smallest absolute Gasteiger partial charge is 0.279 e. The van der Waals surface area contributed by atoms with Crippen molar-refractivity contribution >= 4 is 46.4 Å². The number of quaternary nitrogens is 1. The number of benzene rings is 2. The van der Waals surface area contributed by atoms with Gasteiger partial charge in [0.05, 0.1) is 17.8 Å². The van der Waals surface area contributed by atoms with Gasteiger partial charge in [-0.25, -0.2) is 0 Å². The summed E-state index contributed by atoms with van der Waals surface area (Å²) >= 11 is 11.9. The minimum Gasteiger partial charge on any atom is -0.322 e. The summed E-state index contributed by atoms with van der Waals surface area (Å²) in [5.74, 6) is -0.386. The van der Waals surface area contributed by atoms with E-state index in [0.717, 1.165) is 16.2 Å². The highest BCUT2D eigenvalue weighted by Crippen LogP contribution is 2.25. The van der Waals surface area contributed by atoms with Crippen LogP contribution in [0.15, 0.2) is 42.5 Å². The number of amides is 2. The third kappa shape index (κ3) is 6.38. The number of halogens is 2. The molecule has 0 fully saturated rings. The van der Waals surface area contributed by atoms with E-state index in [1.165, 1.54) is 0 Å². The SMILES string of the molecule is Cc1ccc(NC(=O)C[NH+](C)CC(=O)Nc2ccc(Cl)cc2Cl)cc1. The van der Waals surface area contributed by atoms with Crippen LogP contribution in [0.3, 0.4) is 0 Å². The molecule has 0 heterocycles. The van der Waals surface area contributed by atoms with Gasteiger partial charge in [0.1, 0.15) is 0 Å². The molecule has 2 aromatic rings. The van der Waals surface area contributed by atoms with Crippen LogP contribution in [0.25, 0.3) is 0 Å². The van der Waals surface area contributed by atoms with Crippen LogP contribution in [0.5, 0.6) is 0 Å². The van der Waals surface area contributed by atoms with E-state index in [2.05, 4.69) is 10.6 Å². The minimum absolute atomic E-state index is 0.139. The van der Waals surface area contributed by atoms with Crippen LogP contribution in [-0.2, 0) is 9.59 Å². The van der Waals surface area contributed by atoms with Crippen molar-refractivity contribution in [1.82, 2.24) is 0 Å². The summed E-state index contributed by atoms with van der Waals surface area (Å²) in [6, 6.07) is 12.4. The van der Waals surface area contributed by atoms with Crippen molar-refractivity contribution < 1.29 is 14.5 Å². The molecule has 5 nitrogen and oxygen atoms in total. The van der Waals surface area contributed by atoms with Gasteiger partial charge in [-0.2, -0.15) is 0 Å². The molecule has 2 amide bonds. The summed E-state index contributed by atoms with van der Waals surface area (Å²) in [6.07, 6.45) is 0. The van der Waals surface area contributed by atoms with Gasteiger partial charge in [-0.3, -0.25) is 9.59 Å². The highest BCUT2D eigenvalue weighted by atomic mass is 35.5. The van der Waals surface area contributed by atoms with Crippen LogP contribution in [-0.4, -0.2) is 32.0 Å². The van der Waals surface area contributed by atoms with Crippen molar-refractivity contribution in [1.29, 1.82) is 0 Å². The Morgan fingerprint density at radius 2 is 1.56 bits per heavy atom. The van der Waals surface area contributed by atoms with Crippen molar-refractivity contribution in [2.45, 2.75) is 6.92 Å². The molecule has 132 valence electrons. The Morgan fingerprint density at radius 1 is 0.960 bits per heavy atom.